The van der Waals surface area contributed by atoms with Gasteiger partial charge in [-0.2, -0.15) is 0 Å². The van der Waals surface area contributed by atoms with Gasteiger partial charge < -0.3 is 4.74 Å². The summed E-state index contributed by atoms with van der Waals surface area (Å²) in [6.45, 7) is 2.47. The number of hydrogen-bond donors (Lipinski definition) is 0. The van der Waals surface area contributed by atoms with Crippen LogP contribution in [0, 0.1) is 0 Å². The zero-order valence-corrected chi connectivity index (χ0v) is 8.51. The van der Waals surface area contributed by atoms with Gasteiger partial charge in [0.15, 0.2) is 0 Å². The minimum absolute atomic E-state index is 0.223. The predicted molar refractivity (Wildman–Crippen MR) is 51.9 cm³/mol. The zero-order valence-electron chi connectivity index (χ0n) is 7.75. The molecule has 0 spiro atoms. The van der Waals surface area contributed by atoms with Crippen molar-refractivity contribution in [2.45, 2.75) is 6.42 Å². The molecule has 0 aliphatic carbocycles. The Morgan fingerprint density at radius 2 is 2.54 bits per heavy atom. The van der Waals surface area contributed by atoms with Crippen molar-refractivity contribution in [1.82, 2.24) is 4.90 Å². The van der Waals surface area contributed by atoms with Crippen LogP contribution in [0.2, 0.25) is 0 Å². The molecule has 0 amide bonds. The number of carbonyl (C=O) groups excluding carboxylic acids is 1. The van der Waals surface area contributed by atoms with Crippen LogP contribution in [0.25, 0.3) is 0 Å². The van der Waals surface area contributed by atoms with E-state index in [2.05, 4.69) is 9.64 Å². The molecule has 1 aliphatic heterocycles. The summed E-state index contributed by atoms with van der Waals surface area (Å²) < 4.78 is 4.65. The number of carbonyl (C=O) groups is 1. The van der Waals surface area contributed by atoms with Gasteiger partial charge in [0.05, 0.1) is 7.11 Å². The maximum Gasteiger partial charge on any atom is 0.334 e. The fourth-order valence-electron chi connectivity index (χ4n) is 1.40. The Kier molecular flexibility index (Phi) is 4.25. The molecular formula is C9H14ClNO2. The van der Waals surface area contributed by atoms with Crippen molar-refractivity contribution >= 4 is 17.6 Å². The van der Waals surface area contributed by atoms with E-state index >= 15 is 0 Å². The second kappa shape index (κ2) is 5.25. The Hall–Kier alpha value is -0.540. The highest BCUT2D eigenvalue weighted by atomic mass is 35.5. The molecular weight excluding hydrogens is 190 g/mol. The molecule has 0 aromatic carbocycles. The number of alkyl halides is 1. The number of methoxy groups -OCH3 is 1. The minimum atomic E-state index is -0.223. The average molecular weight is 204 g/mol. The summed E-state index contributed by atoms with van der Waals surface area (Å²) >= 11 is 5.62. The first kappa shape index (κ1) is 10.5. The van der Waals surface area contributed by atoms with Gasteiger partial charge in [-0.1, -0.05) is 6.08 Å². The zero-order chi connectivity index (χ0) is 9.68. The van der Waals surface area contributed by atoms with E-state index in [1.165, 1.54) is 7.11 Å². The van der Waals surface area contributed by atoms with Crippen molar-refractivity contribution in [2.24, 2.45) is 0 Å². The molecule has 0 bridgehead atoms. The van der Waals surface area contributed by atoms with E-state index in [-0.39, 0.29) is 5.97 Å². The van der Waals surface area contributed by atoms with Gasteiger partial charge in [-0.25, -0.2) is 4.79 Å². The van der Waals surface area contributed by atoms with E-state index in [4.69, 9.17) is 11.6 Å². The normalized spacial score (nSPS) is 18.2. The van der Waals surface area contributed by atoms with Gasteiger partial charge in [-0.3, -0.25) is 4.90 Å². The topological polar surface area (TPSA) is 29.5 Å². The van der Waals surface area contributed by atoms with E-state index in [1.807, 2.05) is 6.08 Å². The molecule has 0 aromatic heterocycles. The maximum atomic E-state index is 11.2. The van der Waals surface area contributed by atoms with Crippen LogP contribution in [-0.2, 0) is 9.53 Å². The van der Waals surface area contributed by atoms with E-state index in [0.717, 1.165) is 25.1 Å². The quantitative estimate of drug-likeness (QED) is 0.507. The third-order valence-corrected chi connectivity index (χ3v) is 2.25. The summed E-state index contributed by atoms with van der Waals surface area (Å²) in [5, 5.41) is 0. The monoisotopic (exact) mass is 203 g/mol. The van der Waals surface area contributed by atoms with E-state index in [0.29, 0.717) is 12.4 Å². The lowest BCUT2D eigenvalue weighted by molar-refractivity contribution is -0.136. The molecule has 13 heavy (non-hydrogen) atoms. The third-order valence-electron chi connectivity index (χ3n) is 2.08. The van der Waals surface area contributed by atoms with Crippen molar-refractivity contribution in [2.75, 3.05) is 32.6 Å². The molecule has 0 unspecified atom stereocenters. The van der Waals surface area contributed by atoms with Crippen LogP contribution in [0.15, 0.2) is 11.6 Å². The number of ether oxygens (including phenoxy) is 1. The summed E-state index contributed by atoms with van der Waals surface area (Å²) in [6, 6.07) is 0. The Morgan fingerprint density at radius 3 is 3.15 bits per heavy atom. The molecule has 1 aliphatic rings. The first-order valence-corrected chi connectivity index (χ1v) is 4.87. The Bertz CT molecular complexity index is 216. The molecule has 1 rings (SSSR count). The van der Waals surface area contributed by atoms with Crippen LogP contribution in [0.3, 0.4) is 0 Å². The molecule has 0 fully saturated rings. The minimum Gasteiger partial charge on any atom is -0.466 e. The lowest BCUT2D eigenvalue weighted by atomic mass is 10.1. The van der Waals surface area contributed by atoms with Gasteiger partial charge in [0, 0.05) is 31.1 Å². The average Bonchev–Trinajstić information content (AvgIpc) is 2.18. The summed E-state index contributed by atoms with van der Waals surface area (Å²) in [4.78, 5) is 13.3. The van der Waals surface area contributed by atoms with Crippen molar-refractivity contribution in [1.29, 1.82) is 0 Å². The number of esters is 1. The summed E-state index contributed by atoms with van der Waals surface area (Å²) in [5.41, 5.74) is 0.749. The standard InChI is InChI=1S/C9H14ClNO2/c1-13-9(12)8-3-2-5-11(7-8)6-4-10/h3H,2,4-7H2,1H3. The van der Waals surface area contributed by atoms with Crippen LogP contribution >= 0.6 is 11.6 Å². The van der Waals surface area contributed by atoms with Crippen molar-refractivity contribution < 1.29 is 9.53 Å². The second-order valence-electron chi connectivity index (χ2n) is 2.97. The SMILES string of the molecule is COC(=O)C1=CCCN(CCCl)C1. The lowest BCUT2D eigenvalue weighted by Crippen LogP contribution is -2.33. The van der Waals surface area contributed by atoms with Gasteiger partial charge in [-0.15, -0.1) is 11.6 Å². The first-order valence-electron chi connectivity index (χ1n) is 4.33. The van der Waals surface area contributed by atoms with E-state index in [9.17, 15) is 4.79 Å². The number of nitrogens with zero attached hydrogens (tertiary/aromatic N) is 1. The fraction of sp³-hybridized carbons (Fsp3) is 0.667. The van der Waals surface area contributed by atoms with Gasteiger partial charge in [0.1, 0.15) is 0 Å². The van der Waals surface area contributed by atoms with Crippen molar-refractivity contribution in [3.63, 3.8) is 0 Å². The molecule has 0 atom stereocenters. The molecule has 0 aromatic rings. The largest absolute Gasteiger partial charge is 0.466 e. The lowest BCUT2D eigenvalue weighted by Gasteiger charge is -2.25. The van der Waals surface area contributed by atoms with Crippen LogP contribution < -0.4 is 0 Å². The first-order chi connectivity index (χ1) is 6.27. The van der Waals surface area contributed by atoms with E-state index in [1.54, 1.807) is 0 Å². The fourth-order valence-corrected chi connectivity index (χ4v) is 1.63. The Morgan fingerprint density at radius 1 is 1.77 bits per heavy atom. The summed E-state index contributed by atoms with van der Waals surface area (Å²) in [5.74, 6) is 0.383. The number of halogens is 1. The third kappa shape index (κ3) is 3.01. The van der Waals surface area contributed by atoms with Gasteiger partial charge >= 0.3 is 5.97 Å². The number of rotatable bonds is 3. The smallest absolute Gasteiger partial charge is 0.334 e. The molecule has 1 heterocycles. The Balaban J connectivity index is 2.49. The second-order valence-corrected chi connectivity index (χ2v) is 3.35. The molecule has 3 nitrogen and oxygen atoms in total. The van der Waals surface area contributed by atoms with Crippen LogP contribution in [0.1, 0.15) is 6.42 Å². The van der Waals surface area contributed by atoms with Crippen molar-refractivity contribution in [3.05, 3.63) is 11.6 Å². The molecule has 0 saturated carbocycles. The summed E-state index contributed by atoms with van der Waals surface area (Å²) in [6.07, 6.45) is 2.85. The molecule has 0 saturated heterocycles. The molecule has 0 radical (unpaired) electrons. The number of hydrogen-bond acceptors (Lipinski definition) is 3. The van der Waals surface area contributed by atoms with Gasteiger partial charge in [-0.05, 0) is 6.42 Å². The summed E-state index contributed by atoms with van der Waals surface area (Å²) in [7, 11) is 1.41. The van der Waals surface area contributed by atoms with Crippen LogP contribution in [-0.4, -0.2) is 43.5 Å². The maximum absolute atomic E-state index is 11.2. The van der Waals surface area contributed by atoms with Crippen LogP contribution in [0.5, 0.6) is 0 Å². The van der Waals surface area contributed by atoms with E-state index < -0.39 is 0 Å². The molecule has 0 N–H and O–H groups in total. The Labute approximate surface area is 83.3 Å². The highest BCUT2D eigenvalue weighted by Gasteiger charge is 2.17. The highest BCUT2D eigenvalue weighted by Crippen LogP contribution is 2.10. The predicted octanol–water partition coefficient (Wildman–Crippen LogP) is 1.03. The van der Waals surface area contributed by atoms with Gasteiger partial charge in [0.2, 0.25) is 0 Å². The molecule has 4 heteroatoms. The highest BCUT2D eigenvalue weighted by molar-refractivity contribution is 6.18. The van der Waals surface area contributed by atoms with Gasteiger partial charge in [0.25, 0.3) is 0 Å². The van der Waals surface area contributed by atoms with Crippen molar-refractivity contribution in [3.8, 4) is 0 Å². The van der Waals surface area contributed by atoms with Crippen LogP contribution in [0.4, 0.5) is 0 Å². The molecule has 74 valence electrons.